The predicted octanol–water partition coefficient (Wildman–Crippen LogP) is 1.98. The number of aromatic nitrogens is 2. The quantitative estimate of drug-likeness (QED) is 0.761. The highest BCUT2D eigenvalue weighted by molar-refractivity contribution is 5.76. The van der Waals surface area contributed by atoms with Gasteiger partial charge >= 0.3 is 0 Å². The van der Waals surface area contributed by atoms with Crippen LogP contribution >= 0.6 is 0 Å². The molecule has 0 bridgehead atoms. The zero-order valence-electron chi connectivity index (χ0n) is 12.6. The van der Waals surface area contributed by atoms with Gasteiger partial charge in [0.05, 0.1) is 6.10 Å². The van der Waals surface area contributed by atoms with Crippen LogP contribution in [0.2, 0.25) is 0 Å². The number of amides is 1. The first kappa shape index (κ1) is 16.2. The molecular weight excluding hydrogens is 256 g/mol. The number of carbonyl (C=O) groups is 1. The molecule has 1 atom stereocenters. The van der Waals surface area contributed by atoms with Gasteiger partial charge in [-0.25, -0.2) is 4.98 Å². The van der Waals surface area contributed by atoms with Crippen LogP contribution in [-0.2, 0) is 4.79 Å². The predicted molar refractivity (Wildman–Crippen MR) is 78.8 cm³/mol. The Kier molecular flexibility index (Phi) is 6.76. The maximum Gasteiger partial charge on any atom is 0.225 e. The molecule has 0 aliphatic heterocycles. The van der Waals surface area contributed by atoms with Crippen molar-refractivity contribution in [2.75, 3.05) is 11.9 Å². The largest absolute Gasteiger partial charge is 0.475 e. The minimum atomic E-state index is 0.0291. The topological polar surface area (TPSA) is 76.1 Å². The van der Waals surface area contributed by atoms with Crippen LogP contribution in [0.25, 0.3) is 0 Å². The van der Waals surface area contributed by atoms with Crippen LogP contribution in [0.4, 0.5) is 5.95 Å². The number of anilines is 1. The van der Waals surface area contributed by atoms with Gasteiger partial charge in [0.2, 0.25) is 17.7 Å². The molecule has 2 N–H and O–H groups in total. The van der Waals surface area contributed by atoms with E-state index in [-0.39, 0.29) is 18.1 Å². The van der Waals surface area contributed by atoms with Crippen LogP contribution in [0.1, 0.15) is 40.5 Å². The van der Waals surface area contributed by atoms with E-state index >= 15 is 0 Å². The van der Waals surface area contributed by atoms with Gasteiger partial charge in [-0.3, -0.25) is 4.79 Å². The number of rotatable bonds is 8. The van der Waals surface area contributed by atoms with E-state index < -0.39 is 0 Å². The lowest BCUT2D eigenvalue weighted by Gasteiger charge is -2.12. The van der Waals surface area contributed by atoms with Crippen LogP contribution in [0.5, 0.6) is 5.88 Å². The van der Waals surface area contributed by atoms with Crippen molar-refractivity contribution in [1.82, 2.24) is 15.3 Å². The molecule has 6 heteroatoms. The lowest BCUT2D eigenvalue weighted by molar-refractivity contribution is -0.121. The molecule has 0 aliphatic carbocycles. The number of carbonyl (C=O) groups excluding carboxylic acids is 1. The molecule has 0 fully saturated rings. The molecule has 0 radical (unpaired) electrons. The van der Waals surface area contributed by atoms with Crippen molar-refractivity contribution < 1.29 is 9.53 Å². The van der Waals surface area contributed by atoms with Gasteiger partial charge in [0.1, 0.15) is 0 Å². The summed E-state index contributed by atoms with van der Waals surface area (Å²) in [4.78, 5) is 19.9. The Morgan fingerprint density at radius 1 is 1.40 bits per heavy atom. The van der Waals surface area contributed by atoms with Crippen molar-refractivity contribution >= 4 is 11.9 Å². The van der Waals surface area contributed by atoms with Crippen molar-refractivity contribution in [2.24, 2.45) is 0 Å². The molecule has 6 nitrogen and oxygen atoms in total. The number of hydrogen-bond donors (Lipinski definition) is 2. The molecule has 0 spiro atoms. The molecule has 1 heterocycles. The molecule has 0 aliphatic rings. The second-order valence-electron chi connectivity index (χ2n) is 4.94. The van der Waals surface area contributed by atoms with E-state index in [0.29, 0.717) is 24.8 Å². The van der Waals surface area contributed by atoms with Crippen LogP contribution < -0.4 is 15.4 Å². The first-order valence-electron chi connectivity index (χ1n) is 7.04. The normalized spacial score (nSPS) is 12.1. The van der Waals surface area contributed by atoms with E-state index in [1.807, 2.05) is 27.7 Å². The lowest BCUT2D eigenvalue weighted by atomic mass is 10.2. The highest BCUT2D eigenvalue weighted by atomic mass is 16.5. The summed E-state index contributed by atoms with van der Waals surface area (Å²) >= 11 is 0. The maximum absolute atomic E-state index is 11.6. The van der Waals surface area contributed by atoms with E-state index in [1.165, 1.54) is 0 Å². The molecule has 112 valence electrons. The monoisotopic (exact) mass is 280 g/mol. The number of nitrogens with zero attached hydrogens (tertiary/aromatic N) is 2. The number of nitrogens with one attached hydrogen (secondary N) is 2. The van der Waals surface area contributed by atoms with Crippen LogP contribution in [0.3, 0.4) is 0 Å². The van der Waals surface area contributed by atoms with E-state index in [0.717, 1.165) is 6.42 Å². The second kappa shape index (κ2) is 8.35. The molecule has 0 saturated carbocycles. The molecule has 0 aromatic carbocycles. The molecule has 20 heavy (non-hydrogen) atoms. The van der Waals surface area contributed by atoms with Gasteiger partial charge in [-0.1, -0.05) is 6.92 Å². The van der Waals surface area contributed by atoms with Crippen molar-refractivity contribution in [2.45, 2.75) is 52.7 Å². The Morgan fingerprint density at radius 2 is 2.15 bits per heavy atom. The van der Waals surface area contributed by atoms with Gasteiger partial charge in [-0.05, 0) is 27.2 Å². The standard InChI is InChI=1S/C14H24N4O2/c1-5-11(4)17-12(19)6-8-15-14-16-9-7-13(18-14)20-10(2)3/h7,9-11H,5-6,8H2,1-4H3,(H,17,19)(H,15,16,18). The van der Waals surface area contributed by atoms with E-state index in [9.17, 15) is 4.79 Å². The van der Waals surface area contributed by atoms with Crippen molar-refractivity contribution in [3.8, 4) is 5.88 Å². The van der Waals surface area contributed by atoms with E-state index in [4.69, 9.17) is 4.74 Å². The third-order valence-corrected chi connectivity index (χ3v) is 2.64. The minimum Gasteiger partial charge on any atom is -0.475 e. The molecule has 1 unspecified atom stereocenters. The van der Waals surface area contributed by atoms with Gasteiger partial charge in [0.15, 0.2) is 0 Å². The van der Waals surface area contributed by atoms with Crippen LogP contribution in [-0.4, -0.2) is 34.6 Å². The highest BCUT2D eigenvalue weighted by Gasteiger charge is 2.06. The second-order valence-corrected chi connectivity index (χ2v) is 4.94. The molecule has 1 amide bonds. The van der Waals surface area contributed by atoms with Gasteiger partial charge in [0.25, 0.3) is 0 Å². The number of ether oxygens (including phenoxy) is 1. The van der Waals surface area contributed by atoms with E-state index in [2.05, 4.69) is 20.6 Å². The molecule has 1 aromatic heterocycles. The van der Waals surface area contributed by atoms with Gasteiger partial charge in [0, 0.05) is 31.3 Å². The average molecular weight is 280 g/mol. The van der Waals surface area contributed by atoms with Gasteiger partial charge in [-0.15, -0.1) is 0 Å². The summed E-state index contributed by atoms with van der Waals surface area (Å²) in [5.41, 5.74) is 0. The summed E-state index contributed by atoms with van der Waals surface area (Å²) in [5.74, 6) is 1.03. The first-order valence-corrected chi connectivity index (χ1v) is 7.04. The fourth-order valence-electron chi connectivity index (χ4n) is 1.47. The Morgan fingerprint density at radius 3 is 2.80 bits per heavy atom. The number of hydrogen-bond acceptors (Lipinski definition) is 5. The first-order chi connectivity index (χ1) is 9.51. The smallest absolute Gasteiger partial charge is 0.225 e. The summed E-state index contributed by atoms with van der Waals surface area (Å²) in [6, 6.07) is 1.92. The summed E-state index contributed by atoms with van der Waals surface area (Å²) in [5, 5.41) is 5.93. The van der Waals surface area contributed by atoms with Gasteiger partial charge in [-0.2, -0.15) is 4.98 Å². The fourth-order valence-corrected chi connectivity index (χ4v) is 1.47. The van der Waals surface area contributed by atoms with Crippen molar-refractivity contribution in [3.05, 3.63) is 12.3 Å². The van der Waals surface area contributed by atoms with Crippen LogP contribution in [0, 0.1) is 0 Å². The van der Waals surface area contributed by atoms with Crippen molar-refractivity contribution in [1.29, 1.82) is 0 Å². The maximum atomic E-state index is 11.6. The Bertz CT molecular complexity index is 423. The summed E-state index contributed by atoms with van der Waals surface area (Å²) in [6.45, 7) is 8.40. The van der Waals surface area contributed by atoms with Gasteiger partial charge < -0.3 is 15.4 Å². The Hall–Kier alpha value is -1.85. The molecular formula is C14H24N4O2. The minimum absolute atomic E-state index is 0.0291. The summed E-state index contributed by atoms with van der Waals surface area (Å²) in [6.07, 6.45) is 3.02. The molecule has 1 aromatic rings. The fraction of sp³-hybridized carbons (Fsp3) is 0.643. The Balaban J connectivity index is 2.36. The SMILES string of the molecule is CCC(C)NC(=O)CCNc1nccc(OC(C)C)n1. The molecule has 0 saturated heterocycles. The van der Waals surface area contributed by atoms with E-state index in [1.54, 1.807) is 12.3 Å². The van der Waals surface area contributed by atoms with Crippen molar-refractivity contribution in [3.63, 3.8) is 0 Å². The lowest BCUT2D eigenvalue weighted by Crippen LogP contribution is -2.33. The zero-order valence-corrected chi connectivity index (χ0v) is 12.6. The molecule has 1 rings (SSSR count). The average Bonchev–Trinajstić information content (AvgIpc) is 2.38. The Labute approximate surface area is 120 Å². The third-order valence-electron chi connectivity index (χ3n) is 2.64. The highest BCUT2D eigenvalue weighted by Crippen LogP contribution is 2.10. The van der Waals surface area contributed by atoms with Crippen LogP contribution in [0.15, 0.2) is 12.3 Å². The summed E-state index contributed by atoms with van der Waals surface area (Å²) in [7, 11) is 0. The third kappa shape index (κ3) is 6.36. The summed E-state index contributed by atoms with van der Waals surface area (Å²) < 4.78 is 5.48. The zero-order chi connectivity index (χ0) is 15.0.